The van der Waals surface area contributed by atoms with E-state index in [1.54, 1.807) is 11.8 Å². The topological polar surface area (TPSA) is 74.6 Å². The van der Waals surface area contributed by atoms with Crippen molar-refractivity contribution in [3.8, 4) is 0 Å². The molecule has 160 valence electrons. The molecule has 0 bridgehead atoms. The summed E-state index contributed by atoms with van der Waals surface area (Å²) >= 11 is 1.60. The smallest absolute Gasteiger partial charge is 0.304 e. The van der Waals surface area contributed by atoms with Crippen LogP contribution in [0.3, 0.4) is 0 Å². The van der Waals surface area contributed by atoms with Crippen molar-refractivity contribution >= 4 is 23.7 Å². The molecule has 4 nitrogen and oxygen atoms in total. The minimum absolute atomic E-state index is 0.110. The highest BCUT2D eigenvalue weighted by Gasteiger charge is 2.32. The molecule has 27 heavy (non-hydrogen) atoms. The van der Waals surface area contributed by atoms with Gasteiger partial charge in [-0.2, -0.15) is 11.8 Å². The van der Waals surface area contributed by atoms with Crippen LogP contribution in [0.4, 0.5) is 0 Å². The molecule has 0 fully saturated rings. The Balaban J connectivity index is 4.63. The van der Waals surface area contributed by atoms with Gasteiger partial charge in [0.2, 0.25) is 0 Å². The third kappa shape index (κ3) is 16.0. The second-order valence-corrected chi connectivity index (χ2v) is 9.34. The first-order valence-electron chi connectivity index (χ1n) is 11.0. The summed E-state index contributed by atoms with van der Waals surface area (Å²) in [4.78, 5) is 22.4. The molecule has 0 aliphatic rings. The molecule has 0 aliphatic heterocycles. The first-order chi connectivity index (χ1) is 13.0. The summed E-state index contributed by atoms with van der Waals surface area (Å²) in [6, 6.07) is 0. The Morgan fingerprint density at radius 3 is 1.56 bits per heavy atom. The number of aliphatic carboxylic acids is 2. The molecule has 5 heteroatoms. The fourth-order valence-corrected chi connectivity index (χ4v) is 5.10. The molecule has 0 radical (unpaired) electrons. The van der Waals surface area contributed by atoms with Gasteiger partial charge in [-0.05, 0) is 12.8 Å². The van der Waals surface area contributed by atoms with Crippen molar-refractivity contribution in [1.29, 1.82) is 0 Å². The van der Waals surface area contributed by atoms with E-state index in [1.165, 1.54) is 51.4 Å². The number of carbonyl (C=O) groups is 2. The van der Waals surface area contributed by atoms with Crippen molar-refractivity contribution < 1.29 is 19.8 Å². The van der Waals surface area contributed by atoms with Crippen molar-refractivity contribution in [3.63, 3.8) is 0 Å². The summed E-state index contributed by atoms with van der Waals surface area (Å²) in [6.07, 6.45) is 16.4. The van der Waals surface area contributed by atoms with Crippen LogP contribution in [-0.4, -0.2) is 32.7 Å². The highest BCUT2D eigenvalue weighted by Crippen LogP contribution is 2.40. The van der Waals surface area contributed by atoms with Gasteiger partial charge in [0.1, 0.15) is 0 Å². The molecule has 0 amide bonds. The molecule has 0 saturated heterocycles. The van der Waals surface area contributed by atoms with Crippen molar-refractivity contribution in [2.24, 2.45) is 0 Å². The molecular weight excluding hydrogens is 360 g/mol. The maximum absolute atomic E-state index is 11.5. The number of rotatable bonds is 20. The molecule has 0 aromatic rings. The Bertz CT molecular complexity index is 369. The lowest BCUT2D eigenvalue weighted by molar-refractivity contribution is -0.138. The Kier molecular flexibility index (Phi) is 16.9. The predicted octanol–water partition coefficient (Wildman–Crippen LogP) is 6.91. The lowest BCUT2D eigenvalue weighted by atomic mass is 9.90. The minimum atomic E-state index is -0.800. The van der Waals surface area contributed by atoms with E-state index in [0.29, 0.717) is 5.75 Å². The molecule has 0 spiro atoms. The van der Waals surface area contributed by atoms with E-state index in [0.717, 1.165) is 38.5 Å². The summed E-state index contributed by atoms with van der Waals surface area (Å²) < 4.78 is -0.295. The van der Waals surface area contributed by atoms with Gasteiger partial charge < -0.3 is 10.2 Å². The molecule has 0 aromatic carbocycles. The fourth-order valence-electron chi connectivity index (χ4n) is 3.58. The first-order valence-corrected chi connectivity index (χ1v) is 12.0. The SMILES string of the molecule is CCCCCCCCC(CCCCCCCC)(CC(=O)O)SCCC(=O)O. The zero-order valence-corrected chi connectivity index (χ0v) is 18.5. The molecular formula is C22H42O4S. The third-order valence-corrected chi connectivity index (χ3v) is 6.74. The summed E-state index contributed by atoms with van der Waals surface area (Å²) in [5.74, 6) is -1.05. The first kappa shape index (κ1) is 26.3. The Hall–Kier alpha value is -0.710. The highest BCUT2D eigenvalue weighted by atomic mass is 32.2. The summed E-state index contributed by atoms with van der Waals surface area (Å²) in [7, 11) is 0. The van der Waals surface area contributed by atoms with Crippen LogP contribution in [0.5, 0.6) is 0 Å². The maximum atomic E-state index is 11.5. The standard InChI is InChI=1S/C22H42O4S/c1-3-5-7-9-11-13-16-22(19-21(25)26,27-18-15-20(23)24)17-14-12-10-8-6-4-2/h3-19H2,1-2H3,(H,23,24)(H,25,26). The number of unbranched alkanes of at least 4 members (excludes halogenated alkanes) is 10. The molecule has 2 N–H and O–H groups in total. The summed E-state index contributed by atoms with van der Waals surface area (Å²) in [6.45, 7) is 4.41. The lowest BCUT2D eigenvalue weighted by Crippen LogP contribution is -2.29. The van der Waals surface area contributed by atoms with Crippen molar-refractivity contribution in [2.45, 2.75) is 121 Å². The van der Waals surface area contributed by atoms with Gasteiger partial charge in [-0.15, -0.1) is 0 Å². The molecule has 0 aliphatic carbocycles. The van der Waals surface area contributed by atoms with Crippen LogP contribution in [0, 0.1) is 0 Å². The average Bonchev–Trinajstić information content (AvgIpc) is 2.60. The van der Waals surface area contributed by atoms with Crippen molar-refractivity contribution in [1.82, 2.24) is 0 Å². The van der Waals surface area contributed by atoms with Crippen LogP contribution in [0.2, 0.25) is 0 Å². The van der Waals surface area contributed by atoms with Gasteiger partial charge >= 0.3 is 11.9 Å². The summed E-state index contributed by atoms with van der Waals surface area (Å²) in [5, 5.41) is 18.4. The van der Waals surface area contributed by atoms with Crippen molar-refractivity contribution in [2.75, 3.05) is 5.75 Å². The number of carboxylic acid groups (broad SMARTS) is 2. The van der Waals surface area contributed by atoms with Crippen LogP contribution in [0.15, 0.2) is 0 Å². The average molecular weight is 403 g/mol. The second kappa shape index (κ2) is 17.4. The molecule has 0 rings (SSSR count). The van der Waals surface area contributed by atoms with Crippen molar-refractivity contribution in [3.05, 3.63) is 0 Å². The second-order valence-electron chi connectivity index (χ2n) is 7.78. The van der Waals surface area contributed by atoms with E-state index in [9.17, 15) is 14.7 Å². The largest absolute Gasteiger partial charge is 0.481 e. The number of hydrogen-bond donors (Lipinski definition) is 2. The molecule has 0 saturated carbocycles. The van der Waals surface area contributed by atoms with Crippen LogP contribution < -0.4 is 0 Å². The molecule has 0 atom stereocenters. The van der Waals surface area contributed by atoms with Gasteiger partial charge in [-0.3, -0.25) is 9.59 Å². The molecule has 0 heterocycles. The van der Waals surface area contributed by atoms with E-state index in [1.807, 2.05) is 0 Å². The van der Waals surface area contributed by atoms with Gasteiger partial charge in [-0.1, -0.05) is 90.9 Å². The zero-order valence-electron chi connectivity index (χ0n) is 17.6. The zero-order chi connectivity index (χ0) is 20.4. The van der Waals surface area contributed by atoms with Crippen LogP contribution in [0.1, 0.15) is 117 Å². The number of hydrogen-bond acceptors (Lipinski definition) is 3. The highest BCUT2D eigenvalue weighted by molar-refractivity contribution is 8.00. The van der Waals surface area contributed by atoms with E-state index < -0.39 is 11.9 Å². The minimum Gasteiger partial charge on any atom is -0.481 e. The van der Waals surface area contributed by atoms with Crippen LogP contribution in [0.25, 0.3) is 0 Å². The Labute approximate surface area is 170 Å². The van der Waals surface area contributed by atoms with Gasteiger partial charge in [0.05, 0.1) is 12.8 Å². The number of thioether (sulfide) groups is 1. The monoisotopic (exact) mass is 402 g/mol. The van der Waals surface area contributed by atoms with E-state index >= 15 is 0 Å². The Morgan fingerprint density at radius 1 is 0.704 bits per heavy atom. The normalized spacial score (nSPS) is 11.6. The van der Waals surface area contributed by atoms with Crippen LogP contribution >= 0.6 is 11.8 Å². The van der Waals surface area contributed by atoms with E-state index in [4.69, 9.17) is 5.11 Å². The molecule has 0 unspecified atom stereocenters. The third-order valence-electron chi connectivity index (χ3n) is 5.17. The van der Waals surface area contributed by atoms with E-state index in [-0.39, 0.29) is 17.6 Å². The number of carboxylic acids is 2. The fraction of sp³-hybridized carbons (Fsp3) is 0.909. The lowest BCUT2D eigenvalue weighted by Gasteiger charge is -2.32. The van der Waals surface area contributed by atoms with E-state index in [2.05, 4.69) is 13.8 Å². The summed E-state index contributed by atoms with van der Waals surface area (Å²) in [5.41, 5.74) is 0. The van der Waals surface area contributed by atoms with Crippen LogP contribution in [-0.2, 0) is 9.59 Å². The van der Waals surface area contributed by atoms with Gasteiger partial charge in [0.15, 0.2) is 0 Å². The van der Waals surface area contributed by atoms with Gasteiger partial charge in [0, 0.05) is 10.5 Å². The predicted molar refractivity (Wildman–Crippen MR) is 116 cm³/mol. The van der Waals surface area contributed by atoms with Gasteiger partial charge in [-0.25, -0.2) is 0 Å². The molecule has 0 aromatic heterocycles. The van der Waals surface area contributed by atoms with Gasteiger partial charge in [0.25, 0.3) is 0 Å². The Morgan fingerprint density at radius 2 is 1.15 bits per heavy atom. The quantitative estimate of drug-likeness (QED) is 0.216. The maximum Gasteiger partial charge on any atom is 0.304 e.